The molecule has 0 bridgehead atoms. The summed E-state index contributed by atoms with van der Waals surface area (Å²) in [6.45, 7) is 0.0958. The highest BCUT2D eigenvalue weighted by Crippen LogP contribution is 2.20. The first-order valence-corrected chi connectivity index (χ1v) is 7.58. The molecule has 6 nitrogen and oxygen atoms in total. The molecule has 0 unspecified atom stereocenters. The number of nitrogens with zero attached hydrogens (tertiary/aromatic N) is 1. The Hall–Kier alpha value is -2.29. The van der Waals surface area contributed by atoms with Crippen LogP contribution in [0.5, 0.6) is 0 Å². The number of thiocarbonyl (C=S) groups is 1. The average Bonchev–Trinajstić information content (AvgIpc) is 2.56. The predicted octanol–water partition coefficient (Wildman–Crippen LogP) is 3.41. The van der Waals surface area contributed by atoms with Crippen molar-refractivity contribution in [1.82, 2.24) is 5.32 Å². The normalized spacial score (nSPS) is 11.6. The molecule has 0 spiro atoms. The molecule has 0 amide bonds. The molecular formula is C15H13ClFN3O3S. The predicted molar refractivity (Wildman–Crippen MR) is 93.7 cm³/mol. The molecule has 0 aliphatic carbocycles. The third kappa shape index (κ3) is 4.85. The number of hydrogen-bond acceptors (Lipinski definition) is 4. The largest absolute Gasteiger partial charge is 0.387 e. The molecule has 0 saturated heterocycles. The van der Waals surface area contributed by atoms with Crippen LogP contribution in [-0.4, -0.2) is 21.7 Å². The Morgan fingerprint density at radius 3 is 2.58 bits per heavy atom. The summed E-state index contributed by atoms with van der Waals surface area (Å²) in [6.07, 6.45) is -0.901. The summed E-state index contributed by atoms with van der Waals surface area (Å²) in [4.78, 5) is 10.1. The number of nitrogens with one attached hydrogen (secondary N) is 2. The van der Waals surface area contributed by atoms with E-state index in [-0.39, 0.29) is 22.4 Å². The van der Waals surface area contributed by atoms with Crippen LogP contribution in [-0.2, 0) is 0 Å². The molecule has 2 aromatic rings. The van der Waals surface area contributed by atoms with E-state index >= 15 is 0 Å². The second-order valence-corrected chi connectivity index (χ2v) is 5.64. The van der Waals surface area contributed by atoms with Crippen molar-refractivity contribution < 1.29 is 14.4 Å². The standard InChI is InChI=1S/C15H13ClFN3O3S/c16-12-7-10(3-6-13(12)17)19-15(24)18-8-14(21)9-1-4-11(5-2-9)20(22)23/h1-7,14,21H,8H2,(H2,18,19,24)/t14-/m1/s1. The molecule has 0 saturated carbocycles. The summed E-state index contributed by atoms with van der Waals surface area (Å²) in [5, 5.41) is 26.4. The molecule has 0 radical (unpaired) electrons. The van der Waals surface area contributed by atoms with E-state index in [0.29, 0.717) is 11.3 Å². The molecule has 24 heavy (non-hydrogen) atoms. The van der Waals surface area contributed by atoms with Crippen molar-refractivity contribution in [2.45, 2.75) is 6.10 Å². The van der Waals surface area contributed by atoms with Crippen molar-refractivity contribution in [2.75, 3.05) is 11.9 Å². The first-order valence-electron chi connectivity index (χ1n) is 6.79. The van der Waals surface area contributed by atoms with Gasteiger partial charge in [0.15, 0.2) is 5.11 Å². The molecule has 126 valence electrons. The fourth-order valence-corrected chi connectivity index (χ4v) is 2.26. The van der Waals surface area contributed by atoms with Crippen molar-refractivity contribution in [3.63, 3.8) is 0 Å². The minimum Gasteiger partial charge on any atom is -0.387 e. The maximum Gasteiger partial charge on any atom is 0.269 e. The topological polar surface area (TPSA) is 87.4 Å². The number of nitro benzene ring substituents is 1. The highest BCUT2D eigenvalue weighted by molar-refractivity contribution is 7.80. The van der Waals surface area contributed by atoms with E-state index in [0.717, 1.165) is 0 Å². The maximum absolute atomic E-state index is 13.1. The smallest absolute Gasteiger partial charge is 0.269 e. The Labute approximate surface area is 147 Å². The second kappa shape index (κ2) is 8.00. The van der Waals surface area contributed by atoms with Gasteiger partial charge in [-0.1, -0.05) is 11.6 Å². The van der Waals surface area contributed by atoms with E-state index < -0.39 is 16.8 Å². The molecule has 1 atom stereocenters. The number of nitro groups is 1. The molecule has 2 rings (SSSR count). The van der Waals surface area contributed by atoms with Crippen LogP contribution in [0.3, 0.4) is 0 Å². The molecule has 0 heterocycles. The molecule has 0 aromatic heterocycles. The third-order valence-corrected chi connectivity index (χ3v) is 3.66. The van der Waals surface area contributed by atoms with Gasteiger partial charge >= 0.3 is 0 Å². The SMILES string of the molecule is O=[N+]([O-])c1ccc([C@H](O)CNC(=S)Nc2ccc(F)c(Cl)c2)cc1. The molecule has 3 N–H and O–H groups in total. The summed E-state index contributed by atoms with van der Waals surface area (Å²) in [5.74, 6) is -0.533. The second-order valence-electron chi connectivity index (χ2n) is 4.83. The number of hydrogen-bond donors (Lipinski definition) is 3. The van der Waals surface area contributed by atoms with Gasteiger partial charge < -0.3 is 15.7 Å². The van der Waals surface area contributed by atoms with E-state index in [9.17, 15) is 19.6 Å². The zero-order chi connectivity index (χ0) is 17.7. The Morgan fingerprint density at radius 2 is 2.00 bits per heavy atom. The molecule has 0 aliphatic rings. The van der Waals surface area contributed by atoms with E-state index in [1.165, 1.54) is 42.5 Å². The Morgan fingerprint density at radius 1 is 1.33 bits per heavy atom. The van der Waals surface area contributed by atoms with Gasteiger partial charge in [-0.25, -0.2) is 4.39 Å². The molecule has 2 aromatic carbocycles. The summed E-state index contributed by atoms with van der Waals surface area (Å²) >= 11 is 10.7. The quantitative estimate of drug-likeness (QED) is 0.425. The van der Waals surface area contributed by atoms with Crippen LogP contribution in [0.2, 0.25) is 5.02 Å². The van der Waals surface area contributed by atoms with Gasteiger partial charge in [-0.2, -0.15) is 0 Å². The third-order valence-electron chi connectivity index (χ3n) is 3.12. The number of aliphatic hydroxyl groups is 1. The molecule has 0 fully saturated rings. The summed E-state index contributed by atoms with van der Waals surface area (Å²) in [5.41, 5.74) is 0.966. The van der Waals surface area contributed by atoms with Crippen LogP contribution in [0.15, 0.2) is 42.5 Å². The van der Waals surface area contributed by atoms with Gasteiger partial charge in [0.05, 0.1) is 16.0 Å². The van der Waals surface area contributed by atoms with Crippen LogP contribution in [0.25, 0.3) is 0 Å². The minimum absolute atomic E-state index is 0.0336. The Kier molecular flexibility index (Phi) is 6.02. The number of anilines is 1. The molecule has 0 aliphatic heterocycles. The maximum atomic E-state index is 13.1. The van der Waals surface area contributed by atoms with Crippen molar-refractivity contribution in [3.8, 4) is 0 Å². The lowest BCUT2D eigenvalue weighted by atomic mass is 10.1. The van der Waals surface area contributed by atoms with Crippen molar-refractivity contribution >= 4 is 40.3 Å². The summed E-state index contributed by atoms with van der Waals surface area (Å²) in [6, 6.07) is 9.64. The van der Waals surface area contributed by atoms with Crippen LogP contribution < -0.4 is 10.6 Å². The zero-order valence-electron chi connectivity index (χ0n) is 12.2. The zero-order valence-corrected chi connectivity index (χ0v) is 13.8. The van der Waals surface area contributed by atoms with E-state index in [1.54, 1.807) is 0 Å². The lowest BCUT2D eigenvalue weighted by Crippen LogP contribution is -2.32. The Balaban J connectivity index is 1.88. The lowest BCUT2D eigenvalue weighted by molar-refractivity contribution is -0.384. The van der Waals surface area contributed by atoms with E-state index in [2.05, 4.69) is 10.6 Å². The first-order chi connectivity index (χ1) is 11.4. The van der Waals surface area contributed by atoms with E-state index in [1.807, 2.05) is 0 Å². The fraction of sp³-hybridized carbons (Fsp3) is 0.133. The summed E-state index contributed by atoms with van der Waals surface area (Å²) < 4.78 is 13.1. The van der Waals surface area contributed by atoms with Crippen molar-refractivity contribution in [3.05, 3.63) is 69.0 Å². The van der Waals surface area contributed by atoms with Gasteiger partial charge in [-0.3, -0.25) is 10.1 Å². The molecular weight excluding hydrogens is 357 g/mol. The van der Waals surface area contributed by atoms with Gasteiger partial charge in [-0.15, -0.1) is 0 Å². The highest BCUT2D eigenvalue weighted by atomic mass is 35.5. The Bertz CT molecular complexity index is 758. The fourth-order valence-electron chi connectivity index (χ4n) is 1.87. The molecule has 9 heteroatoms. The number of rotatable bonds is 5. The van der Waals surface area contributed by atoms with E-state index in [4.69, 9.17) is 23.8 Å². The summed E-state index contributed by atoms with van der Waals surface area (Å²) in [7, 11) is 0. The van der Waals surface area contributed by atoms with Crippen LogP contribution in [0, 0.1) is 15.9 Å². The number of benzene rings is 2. The monoisotopic (exact) mass is 369 g/mol. The highest BCUT2D eigenvalue weighted by Gasteiger charge is 2.11. The van der Waals surface area contributed by atoms with Crippen LogP contribution in [0.1, 0.15) is 11.7 Å². The minimum atomic E-state index is -0.901. The van der Waals surface area contributed by atoms with Crippen LogP contribution in [0.4, 0.5) is 15.8 Å². The van der Waals surface area contributed by atoms with Gasteiger partial charge in [0.2, 0.25) is 0 Å². The average molecular weight is 370 g/mol. The number of aliphatic hydroxyl groups excluding tert-OH is 1. The van der Waals surface area contributed by atoms with Crippen LogP contribution >= 0.6 is 23.8 Å². The first kappa shape index (κ1) is 18.1. The van der Waals surface area contributed by atoms with Crippen molar-refractivity contribution in [1.29, 1.82) is 0 Å². The number of halogens is 2. The van der Waals surface area contributed by atoms with Gasteiger partial charge in [0.1, 0.15) is 5.82 Å². The van der Waals surface area contributed by atoms with Gasteiger partial charge in [0.25, 0.3) is 5.69 Å². The van der Waals surface area contributed by atoms with Gasteiger partial charge in [-0.05, 0) is 48.1 Å². The van der Waals surface area contributed by atoms with Gasteiger partial charge in [0, 0.05) is 24.4 Å². The van der Waals surface area contributed by atoms with Crippen molar-refractivity contribution in [2.24, 2.45) is 0 Å². The lowest BCUT2D eigenvalue weighted by Gasteiger charge is -2.15. The number of non-ortho nitro benzene ring substituents is 1.